The molecule has 0 amide bonds. The monoisotopic (exact) mass is 465 g/mol. The van der Waals surface area contributed by atoms with Gasteiger partial charge in [0.25, 0.3) is 5.92 Å². The van der Waals surface area contributed by atoms with Gasteiger partial charge in [0.2, 0.25) is 0 Å². The third kappa shape index (κ3) is 6.00. The fourth-order valence-corrected chi connectivity index (χ4v) is 3.91. The number of hydrogen-bond acceptors (Lipinski definition) is 6. The second kappa shape index (κ2) is 10.0. The van der Waals surface area contributed by atoms with E-state index in [1.807, 2.05) is 12.1 Å². The van der Waals surface area contributed by atoms with Gasteiger partial charge in [-0.3, -0.25) is 0 Å². The van der Waals surface area contributed by atoms with E-state index < -0.39 is 23.2 Å². The minimum atomic E-state index is -2.65. The van der Waals surface area contributed by atoms with E-state index >= 15 is 0 Å². The van der Waals surface area contributed by atoms with Crippen LogP contribution in [-0.4, -0.2) is 52.6 Å². The predicted octanol–water partition coefficient (Wildman–Crippen LogP) is 4.38. The zero-order chi connectivity index (χ0) is 20.9. The van der Waals surface area contributed by atoms with Crippen LogP contribution in [0.25, 0.3) is 0 Å². The summed E-state index contributed by atoms with van der Waals surface area (Å²) in [6.07, 6.45) is 3.59. The number of aromatic nitrogens is 2. The summed E-state index contributed by atoms with van der Waals surface area (Å²) in [6, 6.07) is 10.4. The summed E-state index contributed by atoms with van der Waals surface area (Å²) in [7, 11) is 0. The zero-order valence-corrected chi connectivity index (χ0v) is 17.9. The van der Waals surface area contributed by atoms with Gasteiger partial charge in [-0.1, -0.05) is 18.1 Å². The quantitative estimate of drug-likeness (QED) is 0.402. The minimum absolute atomic E-state index is 0.124. The van der Waals surface area contributed by atoms with Crippen molar-refractivity contribution in [3.05, 3.63) is 42.1 Å². The Labute approximate surface area is 179 Å². The molecule has 29 heavy (non-hydrogen) atoms. The van der Waals surface area contributed by atoms with Crippen molar-refractivity contribution < 1.29 is 32.9 Å². The van der Waals surface area contributed by atoms with Crippen LogP contribution in [0.1, 0.15) is 17.9 Å². The standard InChI is InChI=1S/C18H20F2N5S.2FH.V/c1-26-25-10-14(11-25)13-8-16(22-15-4-2-3-6-21-15)23-17(9-13)24-7-5-18(19,20)12-24;;;/h3-4,6,8-9,14H,5,7,10-12H2,1H3,(H,21,22,23);2*1H;/q-1;;;+2/p-2. The number of nitrogens with one attached hydrogen (secondary N) is 1. The number of anilines is 3. The first-order valence-corrected chi connectivity index (χ1v) is 11.1. The molecule has 0 atom stereocenters. The number of alkyl halides is 2. The molecule has 157 valence electrons. The fourth-order valence-electron chi connectivity index (χ4n) is 3.25. The second-order valence-electron chi connectivity index (χ2n) is 6.73. The number of rotatable bonds is 5. The maximum atomic E-state index is 13.7. The van der Waals surface area contributed by atoms with Crippen molar-refractivity contribution in [2.24, 2.45) is 0 Å². The van der Waals surface area contributed by atoms with E-state index in [0.29, 0.717) is 29.9 Å². The van der Waals surface area contributed by atoms with Crippen molar-refractivity contribution >= 4 is 29.4 Å². The first-order valence-electron chi connectivity index (χ1n) is 8.89. The molecule has 0 bridgehead atoms. The van der Waals surface area contributed by atoms with Crippen molar-refractivity contribution in [2.75, 3.05) is 42.7 Å². The molecule has 11 heteroatoms. The molecule has 0 aliphatic carbocycles. The van der Waals surface area contributed by atoms with E-state index in [-0.39, 0.29) is 13.0 Å². The molecule has 0 radical (unpaired) electrons. The third-order valence-electron chi connectivity index (χ3n) is 4.77. The van der Waals surface area contributed by atoms with Crippen LogP contribution in [0.5, 0.6) is 0 Å². The van der Waals surface area contributed by atoms with Gasteiger partial charge in [0.15, 0.2) is 0 Å². The molecule has 0 saturated carbocycles. The Hall–Kier alpha value is -1.49. The van der Waals surface area contributed by atoms with Crippen molar-refractivity contribution in [3.8, 4) is 0 Å². The Bertz CT molecular complexity index is 795. The van der Waals surface area contributed by atoms with Crippen molar-refractivity contribution in [3.63, 3.8) is 0 Å². The molecule has 0 unspecified atom stereocenters. The molecule has 1 N–H and O–H groups in total. The maximum absolute atomic E-state index is 13.7. The summed E-state index contributed by atoms with van der Waals surface area (Å²) < 4.78 is 49.0. The molecule has 2 saturated heterocycles. The van der Waals surface area contributed by atoms with Crippen molar-refractivity contribution in [1.29, 1.82) is 0 Å². The molecule has 2 aliphatic rings. The summed E-state index contributed by atoms with van der Waals surface area (Å²) in [5.74, 6) is -0.391. The normalized spacial score (nSPS) is 18.6. The zero-order valence-electron chi connectivity index (χ0n) is 15.7. The van der Waals surface area contributed by atoms with Gasteiger partial charge >= 0.3 is 24.1 Å². The van der Waals surface area contributed by atoms with Gasteiger partial charge in [-0.25, -0.2) is 18.1 Å². The van der Waals surface area contributed by atoms with E-state index in [9.17, 15) is 15.6 Å². The Morgan fingerprint density at radius 3 is 2.62 bits per heavy atom. The summed E-state index contributed by atoms with van der Waals surface area (Å²) in [6.45, 7) is 1.96. The molecule has 5 nitrogen and oxygen atoms in total. The van der Waals surface area contributed by atoms with E-state index in [4.69, 9.17) is 0 Å². The number of nitrogens with zero attached hydrogens (tertiary/aromatic N) is 4. The second-order valence-corrected chi connectivity index (χ2v) is 7.81. The molecule has 2 fully saturated rings. The summed E-state index contributed by atoms with van der Waals surface area (Å²) in [4.78, 5) is 10.5. The van der Waals surface area contributed by atoms with Crippen LogP contribution < -0.4 is 10.2 Å². The molecular formula is C18H20F4N5SV-. The third-order valence-corrected chi connectivity index (χ3v) is 5.58. The SMILES string of the molecule is CSN1CC(c2cc(Nc3c[c-]ccn3)nc(N3CCC(F)(F)C3)c2)C1.[F][V][F]. The average Bonchev–Trinajstić information content (AvgIpc) is 3.02. The van der Waals surface area contributed by atoms with Gasteiger partial charge in [0.1, 0.15) is 11.6 Å². The van der Waals surface area contributed by atoms with Gasteiger partial charge in [0, 0.05) is 37.8 Å². The van der Waals surface area contributed by atoms with Crippen LogP contribution in [-0.2, 0) is 17.3 Å². The van der Waals surface area contributed by atoms with E-state index in [0.717, 1.165) is 18.7 Å². The van der Waals surface area contributed by atoms with Gasteiger partial charge in [0.05, 0.1) is 6.54 Å². The fraction of sp³-hybridized carbons (Fsp3) is 0.444. The van der Waals surface area contributed by atoms with Crippen LogP contribution >= 0.6 is 11.9 Å². The first kappa shape index (κ1) is 22.2. The predicted molar refractivity (Wildman–Crippen MR) is 102 cm³/mol. The Balaban J connectivity index is 0.000000755. The molecule has 2 aromatic heterocycles. The van der Waals surface area contributed by atoms with Gasteiger partial charge in [-0.2, -0.15) is 12.1 Å². The van der Waals surface area contributed by atoms with E-state index in [1.165, 1.54) is 0 Å². The van der Waals surface area contributed by atoms with Crippen LogP contribution in [0.4, 0.5) is 33.0 Å². The number of pyridine rings is 2. The Morgan fingerprint density at radius 1 is 1.28 bits per heavy atom. The summed E-state index contributed by atoms with van der Waals surface area (Å²) in [5.41, 5.74) is 1.12. The Morgan fingerprint density at radius 2 is 2.03 bits per heavy atom. The van der Waals surface area contributed by atoms with E-state index in [1.54, 1.807) is 35.2 Å². The first-order chi connectivity index (χ1) is 13.9. The summed E-state index contributed by atoms with van der Waals surface area (Å²) in [5, 5.41) is 3.17. The molecule has 4 heterocycles. The Kier molecular flexibility index (Phi) is 7.67. The van der Waals surface area contributed by atoms with Gasteiger partial charge < -0.3 is 15.2 Å². The van der Waals surface area contributed by atoms with Crippen molar-refractivity contribution in [2.45, 2.75) is 18.3 Å². The average molecular weight is 465 g/mol. The molecule has 0 aromatic carbocycles. The summed E-state index contributed by atoms with van der Waals surface area (Å²) >= 11 is -0.588. The van der Waals surface area contributed by atoms with Crippen LogP contribution in [0.3, 0.4) is 0 Å². The van der Waals surface area contributed by atoms with Crippen LogP contribution in [0, 0.1) is 6.07 Å². The van der Waals surface area contributed by atoms with Crippen LogP contribution in [0.2, 0.25) is 0 Å². The van der Waals surface area contributed by atoms with Gasteiger partial charge in [-0.15, -0.1) is 6.07 Å². The topological polar surface area (TPSA) is 44.3 Å². The van der Waals surface area contributed by atoms with Crippen LogP contribution in [0.15, 0.2) is 30.5 Å². The number of hydrogen-bond donors (Lipinski definition) is 1. The molecular weight excluding hydrogens is 445 g/mol. The van der Waals surface area contributed by atoms with Gasteiger partial charge in [-0.05, 0) is 24.0 Å². The number of halogens is 4. The van der Waals surface area contributed by atoms with Crippen molar-refractivity contribution in [1.82, 2.24) is 14.3 Å². The van der Waals surface area contributed by atoms with E-state index in [2.05, 4.69) is 31.9 Å². The molecule has 2 aromatic rings. The molecule has 2 aliphatic heterocycles. The molecule has 4 rings (SSSR count). The molecule has 0 spiro atoms.